The molecule has 4 N–H and O–H groups in total. The maximum atomic E-state index is 10.8. The number of hydrogen-bond donors (Lipinski definition) is 4. The molecule has 0 amide bonds. The van der Waals surface area contributed by atoms with Crippen molar-refractivity contribution in [2.75, 3.05) is 6.54 Å². The first kappa shape index (κ1) is 7.42. The average Bonchev–Trinajstić information content (AvgIpc) is 2.58. The zero-order valence-corrected chi connectivity index (χ0v) is 6.55. The number of aromatic amines is 2. The van der Waals surface area contributed by atoms with Gasteiger partial charge in [0.15, 0.2) is 0 Å². The summed E-state index contributed by atoms with van der Waals surface area (Å²) in [6.45, 7) is 0.942. The highest BCUT2D eigenvalue weighted by atomic mass is 16.3. The molecule has 0 unspecified atom stereocenters. The van der Waals surface area contributed by atoms with E-state index in [1.165, 1.54) is 0 Å². The topological polar surface area (TPSA) is 80.9 Å². The van der Waals surface area contributed by atoms with Gasteiger partial charge in [-0.25, -0.2) is 4.79 Å². The first-order valence-corrected chi connectivity index (χ1v) is 4.02. The van der Waals surface area contributed by atoms with Gasteiger partial charge >= 0.3 is 5.69 Å². The number of aromatic hydroxyl groups is 1. The van der Waals surface area contributed by atoms with Gasteiger partial charge in [0.25, 0.3) is 0 Å². The highest BCUT2D eigenvalue weighted by Gasteiger charge is 2.21. The van der Waals surface area contributed by atoms with Crippen LogP contribution in [0.1, 0.15) is 24.6 Å². The summed E-state index contributed by atoms with van der Waals surface area (Å²) in [5, 5.41) is 12.4. The molecule has 1 aliphatic rings. The number of nitrogens with one attached hydrogen (secondary N) is 3. The second kappa shape index (κ2) is 2.67. The molecule has 0 radical (unpaired) electrons. The van der Waals surface area contributed by atoms with Crippen molar-refractivity contribution < 1.29 is 5.11 Å². The summed E-state index contributed by atoms with van der Waals surface area (Å²) in [6.07, 6.45) is 2.04. The molecular formula is C7H11N3O2. The zero-order valence-electron chi connectivity index (χ0n) is 6.55. The number of aromatic nitrogens is 2. The van der Waals surface area contributed by atoms with Crippen molar-refractivity contribution in [1.82, 2.24) is 15.3 Å². The maximum Gasteiger partial charge on any atom is 0.326 e. The second-order valence-corrected chi connectivity index (χ2v) is 2.99. The Morgan fingerprint density at radius 3 is 2.75 bits per heavy atom. The third kappa shape index (κ3) is 1.12. The quantitative estimate of drug-likeness (QED) is 0.471. The Labute approximate surface area is 68.8 Å². The predicted octanol–water partition coefficient (Wildman–Crippen LogP) is -0.167. The van der Waals surface area contributed by atoms with E-state index in [2.05, 4.69) is 15.3 Å². The van der Waals surface area contributed by atoms with Crippen molar-refractivity contribution in [2.24, 2.45) is 0 Å². The molecule has 1 fully saturated rings. The van der Waals surface area contributed by atoms with E-state index in [0.717, 1.165) is 19.4 Å². The van der Waals surface area contributed by atoms with Gasteiger partial charge in [-0.05, 0) is 19.4 Å². The van der Waals surface area contributed by atoms with Crippen LogP contribution in [0.5, 0.6) is 5.88 Å². The lowest BCUT2D eigenvalue weighted by atomic mass is 10.2. The molecule has 1 saturated heterocycles. The SMILES string of the molecule is O=c1[nH]c(O)c([C@@H]2CCCN2)[nH]1. The fraction of sp³-hybridized carbons (Fsp3) is 0.571. The molecule has 0 saturated carbocycles. The van der Waals surface area contributed by atoms with Gasteiger partial charge in [-0.1, -0.05) is 0 Å². The van der Waals surface area contributed by atoms with E-state index in [1.807, 2.05) is 0 Å². The van der Waals surface area contributed by atoms with Crippen LogP contribution in [0.25, 0.3) is 0 Å². The third-order valence-corrected chi connectivity index (χ3v) is 2.14. The van der Waals surface area contributed by atoms with E-state index in [0.29, 0.717) is 5.69 Å². The van der Waals surface area contributed by atoms with Gasteiger partial charge in [0.05, 0.1) is 11.7 Å². The summed E-state index contributed by atoms with van der Waals surface area (Å²) in [6, 6.07) is 0.101. The van der Waals surface area contributed by atoms with Crippen molar-refractivity contribution >= 4 is 0 Å². The Morgan fingerprint density at radius 2 is 2.25 bits per heavy atom. The summed E-state index contributed by atoms with van der Waals surface area (Å²) in [5.41, 5.74) is 0.230. The number of hydrogen-bond acceptors (Lipinski definition) is 3. The van der Waals surface area contributed by atoms with Crippen LogP contribution in [0.15, 0.2) is 4.79 Å². The summed E-state index contributed by atoms with van der Waals surface area (Å²) in [7, 11) is 0. The first-order chi connectivity index (χ1) is 5.77. The molecular weight excluding hydrogens is 158 g/mol. The maximum absolute atomic E-state index is 10.8. The lowest BCUT2D eigenvalue weighted by Crippen LogP contribution is -2.14. The van der Waals surface area contributed by atoms with Crippen LogP contribution < -0.4 is 11.0 Å². The van der Waals surface area contributed by atoms with Crippen LogP contribution in [0, 0.1) is 0 Å². The summed E-state index contributed by atoms with van der Waals surface area (Å²) < 4.78 is 0. The van der Waals surface area contributed by atoms with E-state index in [1.54, 1.807) is 0 Å². The summed E-state index contributed by atoms with van der Waals surface area (Å²) in [5.74, 6) is -0.0422. The minimum Gasteiger partial charge on any atom is -0.493 e. The molecule has 0 bridgehead atoms. The largest absolute Gasteiger partial charge is 0.493 e. The van der Waals surface area contributed by atoms with Gasteiger partial charge in [0.1, 0.15) is 0 Å². The van der Waals surface area contributed by atoms with Crippen LogP contribution >= 0.6 is 0 Å². The minimum absolute atomic E-state index is 0.0422. The van der Waals surface area contributed by atoms with E-state index >= 15 is 0 Å². The lowest BCUT2D eigenvalue weighted by Gasteiger charge is -2.06. The van der Waals surface area contributed by atoms with Crippen LogP contribution in [-0.4, -0.2) is 21.6 Å². The van der Waals surface area contributed by atoms with Crippen LogP contribution in [0.3, 0.4) is 0 Å². The van der Waals surface area contributed by atoms with E-state index in [4.69, 9.17) is 0 Å². The highest BCUT2D eigenvalue weighted by molar-refractivity contribution is 5.20. The van der Waals surface area contributed by atoms with Gasteiger partial charge in [0.2, 0.25) is 5.88 Å². The Hall–Kier alpha value is -1.23. The summed E-state index contributed by atoms with van der Waals surface area (Å²) >= 11 is 0. The fourth-order valence-electron chi connectivity index (χ4n) is 1.57. The predicted molar refractivity (Wildman–Crippen MR) is 43.1 cm³/mol. The van der Waals surface area contributed by atoms with E-state index in [9.17, 15) is 9.90 Å². The van der Waals surface area contributed by atoms with Crippen molar-refractivity contribution in [1.29, 1.82) is 0 Å². The second-order valence-electron chi connectivity index (χ2n) is 2.99. The molecule has 1 atom stereocenters. The molecule has 0 aliphatic carbocycles. The monoisotopic (exact) mass is 169 g/mol. The van der Waals surface area contributed by atoms with Gasteiger partial charge in [-0.15, -0.1) is 0 Å². The van der Waals surface area contributed by atoms with Gasteiger partial charge < -0.3 is 15.4 Å². The van der Waals surface area contributed by atoms with Gasteiger partial charge in [0, 0.05) is 0 Å². The lowest BCUT2D eigenvalue weighted by molar-refractivity contribution is 0.438. The highest BCUT2D eigenvalue weighted by Crippen LogP contribution is 2.25. The van der Waals surface area contributed by atoms with Gasteiger partial charge in [-0.2, -0.15) is 0 Å². The molecule has 66 valence electrons. The van der Waals surface area contributed by atoms with E-state index in [-0.39, 0.29) is 17.6 Å². The van der Waals surface area contributed by atoms with Crippen LogP contribution in [0.4, 0.5) is 0 Å². The third-order valence-electron chi connectivity index (χ3n) is 2.14. The van der Waals surface area contributed by atoms with Crippen molar-refractivity contribution in [3.8, 4) is 5.88 Å². The standard InChI is InChI=1S/C7H11N3O2/c11-6-5(9-7(12)10-6)4-2-1-3-8-4/h4,8,11H,1-3H2,(H2,9,10,12)/t4-/m0/s1. The fourth-order valence-corrected chi connectivity index (χ4v) is 1.57. The molecule has 1 aromatic rings. The summed E-state index contributed by atoms with van der Waals surface area (Å²) in [4.78, 5) is 15.6. The molecule has 5 nitrogen and oxygen atoms in total. The van der Waals surface area contributed by atoms with Crippen LogP contribution in [-0.2, 0) is 0 Å². The Kier molecular flexibility index (Phi) is 1.65. The van der Waals surface area contributed by atoms with Crippen molar-refractivity contribution in [3.63, 3.8) is 0 Å². The smallest absolute Gasteiger partial charge is 0.326 e. The minimum atomic E-state index is -0.351. The number of rotatable bonds is 1. The first-order valence-electron chi connectivity index (χ1n) is 4.02. The molecule has 2 heterocycles. The molecule has 2 rings (SSSR count). The molecule has 1 aliphatic heterocycles. The van der Waals surface area contributed by atoms with Crippen molar-refractivity contribution in [2.45, 2.75) is 18.9 Å². The zero-order chi connectivity index (χ0) is 8.55. The molecule has 0 spiro atoms. The molecule has 0 aromatic carbocycles. The normalized spacial score (nSPS) is 23.2. The Morgan fingerprint density at radius 1 is 1.42 bits per heavy atom. The average molecular weight is 169 g/mol. The molecule has 5 heteroatoms. The Bertz CT molecular complexity index is 322. The van der Waals surface area contributed by atoms with Crippen LogP contribution in [0.2, 0.25) is 0 Å². The molecule has 1 aromatic heterocycles. The Balaban J connectivity index is 2.31. The number of H-pyrrole nitrogens is 2. The van der Waals surface area contributed by atoms with Gasteiger partial charge in [-0.3, -0.25) is 4.98 Å². The molecule has 12 heavy (non-hydrogen) atoms. The van der Waals surface area contributed by atoms with Crippen molar-refractivity contribution in [3.05, 3.63) is 16.2 Å². The number of imidazole rings is 1. The van der Waals surface area contributed by atoms with E-state index < -0.39 is 0 Å².